The molecule has 2 N–H and O–H groups in total. The minimum Gasteiger partial charge on any atom is -0.323 e. The second-order valence-electron chi connectivity index (χ2n) is 4.88. The van der Waals surface area contributed by atoms with Crippen molar-refractivity contribution in [1.29, 1.82) is 0 Å². The summed E-state index contributed by atoms with van der Waals surface area (Å²) in [5.41, 5.74) is 10.3. The van der Waals surface area contributed by atoms with Crippen molar-refractivity contribution in [2.45, 2.75) is 24.8 Å². The fourth-order valence-electron chi connectivity index (χ4n) is 2.78. The summed E-state index contributed by atoms with van der Waals surface area (Å²) in [6, 6.07) is 10.5. The van der Waals surface area contributed by atoms with Crippen LogP contribution in [0, 0.1) is 3.57 Å². The van der Waals surface area contributed by atoms with E-state index in [1.165, 1.54) is 20.4 Å². The summed E-state index contributed by atoms with van der Waals surface area (Å²) in [4.78, 5) is 4.55. The number of fused-ring (bicyclic) bond motifs is 1. The SMILES string of the molecule is NC(c1cc(Br)ccc1I)C1CCc2cccnc21. The first-order chi connectivity index (χ1) is 9.16. The van der Waals surface area contributed by atoms with Crippen molar-refractivity contribution in [3.8, 4) is 0 Å². The van der Waals surface area contributed by atoms with Crippen LogP contribution in [-0.4, -0.2) is 4.98 Å². The molecule has 4 heteroatoms. The summed E-state index contributed by atoms with van der Waals surface area (Å²) in [6.45, 7) is 0. The van der Waals surface area contributed by atoms with Gasteiger partial charge in [0.05, 0.1) is 0 Å². The minimum atomic E-state index is 0.0144. The quantitative estimate of drug-likeness (QED) is 0.728. The molecule has 98 valence electrons. The van der Waals surface area contributed by atoms with Crippen LogP contribution in [0.1, 0.15) is 35.2 Å². The van der Waals surface area contributed by atoms with Crippen LogP contribution in [0.2, 0.25) is 0 Å². The summed E-state index contributed by atoms with van der Waals surface area (Å²) in [5.74, 6) is 0.332. The number of pyridine rings is 1. The van der Waals surface area contributed by atoms with Gasteiger partial charge >= 0.3 is 0 Å². The van der Waals surface area contributed by atoms with Gasteiger partial charge in [0.25, 0.3) is 0 Å². The highest BCUT2D eigenvalue weighted by molar-refractivity contribution is 14.1. The number of nitrogens with two attached hydrogens (primary N) is 1. The lowest BCUT2D eigenvalue weighted by Gasteiger charge is -2.21. The highest BCUT2D eigenvalue weighted by atomic mass is 127. The Morgan fingerprint density at radius 1 is 1.37 bits per heavy atom. The minimum absolute atomic E-state index is 0.0144. The molecule has 2 unspecified atom stereocenters. The van der Waals surface area contributed by atoms with Crippen molar-refractivity contribution >= 4 is 38.5 Å². The van der Waals surface area contributed by atoms with Crippen LogP contribution in [0.15, 0.2) is 41.0 Å². The molecule has 1 heterocycles. The van der Waals surface area contributed by atoms with Crippen LogP contribution in [0.3, 0.4) is 0 Å². The van der Waals surface area contributed by atoms with E-state index < -0.39 is 0 Å². The first-order valence-corrected chi connectivity index (χ1v) is 8.18. The van der Waals surface area contributed by atoms with E-state index in [2.05, 4.69) is 67.8 Å². The van der Waals surface area contributed by atoms with E-state index in [0.29, 0.717) is 5.92 Å². The number of halogens is 2. The normalized spacial score (nSPS) is 19.2. The average Bonchev–Trinajstić information content (AvgIpc) is 2.84. The maximum absolute atomic E-state index is 6.52. The summed E-state index contributed by atoms with van der Waals surface area (Å²) in [5, 5.41) is 0. The van der Waals surface area contributed by atoms with Gasteiger partial charge in [-0.2, -0.15) is 0 Å². The Bertz CT molecular complexity index is 615. The van der Waals surface area contributed by atoms with E-state index in [1.807, 2.05) is 12.3 Å². The van der Waals surface area contributed by atoms with Crippen LogP contribution in [0.5, 0.6) is 0 Å². The molecular formula is C15H14BrIN2. The summed E-state index contributed by atoms with van der Waals surface area (Å²) in [6.07, 6.45) is 4.05. The number of benzene rings is 1. The maximum atomic E-state index is 6.52. The Morgan fingerprint density at radius 3 is 3.05 bits per heavy atom. The van der Waals surface area contributed by atoms with E-state index in [4.69, 9.17) is 5.73 Å². The summed E-state index contributed by atoms with van der Waals surface area (Å²) >= 11 is 5.89. The fraction of sp³-hybridized carbons (Fsp3) is 0.267. The Hall–Kier alpha value is -0.460. The van der Waals surface area contributed by atoms with Crippen molar-refractivity contribution in [3.63, 3.8) is 0 Å². The summed E-state index contributed by atoms with van der Waals surface area (Å²) < 4.78 is 2.30. The second-order valence-corrected chi connectivity index (χ2v) is 6.96. The number of rotatable bonds is 2. The third-order valence-corrected chi connectivity index (χ3v) is 5.23. The first kappa shape index (κ1) is 13.5. The predicted molar refractivity (Wildman–Crippen MR) is 89.1 cm³/mol. The smallest absolute Gasteiger partial charge is 0.0485 e. The van der Waals surface area contributed by atoms with Crippen LogP contribution in [0.4, 0.5) is 0 Å². The number of nitrogens with zero attached hydrogens (tertiary/aromatic N) is 1. The number of aromatic nitrogens is 1. The van der Waals surface area contributed by atoms with Gasteiger partial charge in [0.1, 0.15) is 0 Å². The third kappa shape index (κ3) is 2.58. The number of hydrogen-bond acceptors (Lipinski definition) is 2. The number of aryl methyl sites for hydroxylation is 1. The van der Waals surface area contributed by atoms with E-state index in [0.717, 1.165) is 17.3 Å². The van der Waals surface area contributed by atoms with Gasteiger partial charge in [-0.3, -0.25) is 4.98 Å². The predicted octanol–water partition coefficient (Wildman–Crippen LogP) is 4.18. The van der Waals surface area contributed by atoms with Gasteiger partial charge in [0.15, 0.2) is 0 Å². The van der Waals surface area contributed by atoms with Crippen LogP contribution >= 0.6 is 38.5 Å². The lowest BCUT2D eigenvalue weighted by atomic mass is 9.91. The van der Waals surface area contributed by atoms with Crippen LogP contribution in [-0.2, 0) is 6.42 Å². The molecule has 0 bridgehead atoms. The molecule has 0 aliphatic heterocycles. The maximum Gasteiger partial charge on any atom is 0.0485 e. The molecule has 2 aromatic rings. The van der Waals surface area contributed by atoms with Gasteiger partial charge in [0.2, 0.25) is 0 Å². The van der Waals surface area contributed by atoms with E-state index in [1.54, 1.807) is 0 Å². The molecule has 0 amide bonds. The van der Waals surface area contributed by atoms with Gasteiger partial charge in [0, 0.05) is 31.9 Å². The Labute approximate surface area is 135 Å². The van der Waals surface area contributed by atoms with Gasteiger partial charge in [-0.15, -0.1) is 0 Å². The Morgan fingerprint density at radius 2 is 2.21 bits per heavy atom. The van der Waals surface area contributed by atoms with Crippen molar-refractivity contribution in [1.82, 2.24) is 4.98 Å². The molecule has 1 aliphatic carbocycles. The largest absolute Gasteiger partial charge is 0.323 e. The van der Waals surface area contributed by atoms with Crippen LogP contribution < -0.4 is 5.73 Å². The molecule has 3 rings (SSSR count). The highest BCUT2D eigenvalue weighted by Crippen LogP contribution is 2.40. The van der Waals surface area contributed by atoms with Crippen molar-refractivity contribution < 1.29 is 0 Å². The lowest BCUT2D eigenvalue weighted by molar-refractivity contribution is 0.539. The van der Waals surface area contributed by atoms with Crippen molar-refractivity contribution in [2.75, 3.05) is 0 Å². The highest BCUT2D eigenvalue weighted by Gasteiger charge is 2.30. The zero-order valence-corrected chi connectivity index (χ0v) is 14.1. The molecule has 0 fully saturated rings. The molecule has 2 nitrogen and oxygen atoms in total. The van der Waals surface area contributed by atoms with E-state index in [9.17, 15) is 0 Å². The lowest BCUT2D eigenvalue weighted by Crippen LogP contribution is -2.20. The molecule has 2 atom stereocenters. The van der Waals surface area contributed by atoms with Gasteiger partial charge in [-0.05, 0) is 70.8 Å². The Balaban J connectivity index is 1.97. The molecule has 1 aliphatic rings. The van der Waals surface area contributed by atoms with Gasteiger partial charge in [-0.25, -0.2) is 0 Å². The van der Waals surface area contributed by atoms with Crippen LogP contribution in [0.25, 0.3) is 0 Å². The van der Waals surface area contributed by atoms with Gasteiger partial charge in [-0.1, -0.05) is 22.0 Å². The molecule has 0 saturated carbocycles. The fourth-order valence-corrected chi connectivity index (χ4v) is 3.85. The molecule has 0 spiro atoms. The third-order valence-electron chi connectivity index (χ3n) is 3.75. The molecule has 1 aromatic heterocycles. The standard InChI is InChI=1S/C15H14BrIN2/c16-10-4-6-13(17)12(8-10)14(18)11-5-3-9-2-1-7-19-15(9)11/h1-2,4,6-8,11,14H,3,5,18H2. The molecular weight excluding hydrogens is 415 g/mol. The van der Waals surface area contributed by atoms with E-state index in [-0.39, 0.29) is 6.04 Å². The molecule has 0 saturated heterocycles. The average molecular weight is 429 g/mol. The Kier molecular flexibility index (Phi) is 3.91. The molecule has 19 heavy (non-hydrogen) atoms. The molecule has 0 radical (unpaired) electrons. The first-order valence-electron chi connectivity index (χ1n) is 6.31. The zero-order chi connectivity index (χ0) is 13.4. The van der Waals surface area contributed by atoms with Crippen molar-refractivity contribution in [2.24, 2.45) is 5.73 Å². The molecule has 1 aromatic carbocycles. The number of hydrogen-bond donors (Lipinski definition) is 1. The summed E-state index contributed by atoms with van der Waals surface area (Å²) in [7, 11) is 0. The second kappa shape index (κ2) is 5.50. The van der Waals surface area contributed by atoms with E-state index >= 15 is 0 Å². The monoisotopic (exact) mass is 428 g/mol. The zero-order valence-electron chi connectivity index (χ0n) is 10.3. The topological polar surface area (TPSA) is 38.9 Å². The van der Waals surface area contributed by atoms with Crippen molar-refractivity contribution in [3.05, 3.63) is 61.4 Å². The van der Waals surface area contributed by atoms with Gasteiger partial charge < -0.3 is 5.73 Å².